The van der Waals surface area contributed by atoms with Crippen LogP contribution >= 0.6 is 0 Å². The first-order chi connectivity index (χ1) is 8.04. The van der Waals surface area contributed by atoms with E-state index >= 15 is 0 Å². The van der Waals surface area contributed by atoms with Gasteiger partial charge in [-0.05, 0) is 30.5 Å². The fraction of sp³-hybridized carbons (Fsp3) is 0.462. The molecule has 0 saturated carbocycles. The van der Waals surface area contributed by atoms with Crippen LogP contribution in [0.15, 0.2) is 18.2 Å². The number of methoxy groups -OCH3 is 1. The molecule has 1 atom stereocenters. The van der Waals surface area contributed by atoms with E-state index in [0.717, 1.165) is 17.8 Å². The van der Waals surface area contributed by atoms with E-state index in [-0.39, 0.29) is 0 Å². The number of anilines is 1. The summed E-state index contributed by atoms with van der Waals surface area (Å²) in [6.45, 7) is 5.48. The van der Waals surface area contributed by atoms with Gasteiger partial charge in [0.15, 0.2) is 0 Å². The number of benzene rings is 1. The zero-order valence-electron chi connectivity index (χ0n) is 10.5. The molecule has 2 N–H and O–H groups in total. The van der Waals surface area contributed by atoms with Crippen LogP contribution in [0.4, 0.5) is 5.69 Å². The van der Waals surface area contributed by atoms with E-state index in [9.17, 15) is 4.79 Å². The summed E-state index contributed by atoms with van der Waals surface area (Å²) in [5.74, 6) is -0.522. The summed E-state index contributed by atoms with van der Waals surface area (Å²) in [4.78, 5) is 10.9. The van der Waals surface area contributed by atoms with Gasteiger partial charge in [0.2, 0.25) is 0 Å². The van der Waals surface area contributed by atoms with Gasteiger partial charge in [0, 0.05) is 19.3 Å². The van der Waals surface area contributed by atoms with Gasteiger partial charge in [-0.2, -0.15) is 0 Å². The Morgan fingerprint density at radius 3 is 2.82 bits per heavy atom. The van der Waals surface area contributed by atoms with Crippen molar-refractivity contribution in [2.24, 2.45) is 5.92 Å². The zero-order chi connectivity index (χ0) is 12.8. The topological polar surface area (TPSA) is 58.6 Å². The average Bonchev–Trinajstić information content (AvgIpc) is 2.28. The van der Waals surface area contributed by atoms with Crippen molar-refractivity contribution in [1.82, 2.24) is 0 Å². The maximum absolute atomic E-state index is 10.9. The molecule has 0 aliphatic heterocycles. The Balaban J connectivity index is 2.69. The smallest absolute Gasteiger partial charge is 0.335 e. The van der Waals surface area contributed by atoms with E-state index in [1.165, 1.54) is 0 Å². The Bertz CT molecular complexity index is 390. The summed E-state index contributed by atoms with van der Waals surface area (Å²) in [6.07, 6.45) is 0. The Hall–Kier alpha value is -1.55. The molecule has 1 aromatic rings. The minimum absolute atomic E-state index is 0.303. The fourth-order valence-electron chi connectivity index (χ4n) is 1.57. The molecule has 0 saturated heterocycles. The van der Waals surface area contributed by atoms with Gasteiger partial charge < -0.3 is 15.2 Å². The summed E-state index contributed by atoms with van der Waals surface area (Å²) >= 11 is 0. The summed E-state index contributed by atoms with van der Waals surface area (Å²) in [5.41, 5.74) is 2.21. The molecule has 1 aromatic carbocycles. The highest BCUT2D eigenvalue weighted by molar-refractivity contribution is 5.89. The van der Waals surface area contributed by atoms with Crippen LogP contribution in [0.25, 0.3) is 0 Å². The van der Waals surface area contributed by atoms with E-state index in [1.54, 1.807) is 19.2 Å². The van der Waals surface area contributed by atoms with Crippen LogP contribution in [-0.4, -0.2) is 31.3 Å². The predicted octanol–water partition coefficient (Wildman–Crippen LogP) is 2.39. The summed E-state index contributed by atoms with van der Waals surface area (Å²) in [5, 5.41) is 12.2. The van der Waals surface area contributed by atoms with Crippen LogP contribution in [0.1, 0.15) is 22.8 Å². The number of nitrogens with one attached hydrogen (secondary N) is 1. The van der Waals surface area contributed by atoms with E-state index in [1.807, 2.05) is 13.0 Å². The minimum atomic E-state index is -0.905. The lowest BCUT2D eigenvalue weighted by molar-refractivity contribution is 0.0697. The van der Waals surface area contributed by atoms with Crippen LogP contribution in [0, 0.1) is 12.8 Å². The largest absolute Gasteiger partial charge is 0.478 e. The van der Waals surface area contributed by atoms with E-state index < -0.39 is 5.97 Å². The predicted molar refractivity (Wildman–Crippen MR) is 67.7 cm³/mol. The molecule has 0 fully saturated rings. The van der Waals surface area contributed by atoms with Gasteiger partial charge in [0.05, 0.1) is 12.2 Å². The average molecular weight is 237 g/mol. The number of aryl methyl sites for hydroxylation is 1. The molecule has 1 unspecified atom stereocenters. The Labute approximate surface area is 102 Å². The number of carboxylic acids is 1. The lowest BCUT2D eigenvalue weighted by Gasteiger charge is -2.14. The maximum atomic E-state index is 10.9. The SMILES string of the molecule is COCC(C)CNc1cc(C(=O)O)ccc1C. The highest BCUT2D eigenvalue weighted by Gasteiger charge is 2.07. The van der Waals surface area contributed by atoms with Crippen molar-refractivity contribution in [3.8, 4) is 0 Å². The second kappa shape index (κ2) is 6.25. The number of carboxylic acid groups (broad SMARTS) is 1. The third-order valence-corrected chi connectivity index (χ3v) is 2.58. The minimum Gasteiger partial charge on any atom is -0.478 e. The van der Waals surface area contributed by atoms with Crippen molar-refractivity contribution < 1.29 is 14.6 Å². The number of hydrogen-bond acceptors (Lipinski definition) is 3. The molecule has 4 nitrogen and oxygen atoms in total. The Morgan fingerprint density at radius 2 is 2.24 bits per heavy atom. The first kappa shape index (κ1) is 13.5. The second-order valence-electron chi connectivity index (χ2n) is 4.28. The van der Waals surface area contributed by atoms with Crippen LogP contribution < -0.4 is 5.32 Å². The summed E-state index contributed by atoms with van der Waals surface area (Å²) < 4.78 is 5.05. The molecule has 0 heterocycles. The first-order valence-corrected chi connectivity index (χ1v) is 5.61. The van der Waals surface area contributed by atoms with Gasteiger partial charge >= 0.3 is 5.97 Å². The van der Waals surface area contributed by atoms with Gasteiger partial charge in [-0.25, -0.2) is 4.79 Å². The molecule has 1 rings (SSSR count). The van der Waals surface area contributed by atoms with Crippen molar-refractivity contribution in [3.63, 3.8) is 0 Å². The van der Waals surface area contributed by atoms with Crippen LogP contribution in [0.2, 0.25) is 0 Å². The Morgan fingerprint density at radius 1 is 1.53 bits per heavy atom. The molecule has 0 bridgehead atoms. The highest BCUT2D eigenvalue weighted by atomic mass is 16.5. The van der Waals surface area contributed by atoms with Crippen molar-refractivity contribution >= 4 is 11.7 Å². The zero-order valence-corrected chi connectivity index (χ0v) is 10.5. The first-order valence-electron chi connectivity index (χ1n) is 5.61. The van der Waals surface area contributed by atoms with Gasteiger partial charge in [0.1, 0.15) is 0 Å². The molecule has 0 aliphatic carbocycles. The molecule has 0 amide bonds. The summed E-state index contributed by atoms with van der Waals surface area (Å²) in [6, 6.07) is 5.09. The molecule has 0 aliphatic rings. The van der Waals surface area contributed by atoms with Gasteiger partial charge in [-0.1, -0.05) is 13.0 Å². The maximum Gasteiger partial charge on any atom is 0.335 e. The van der Waals surface area contributed by atoms with Crippen molar-refractivity contribution in [1.29, 1.82) is 0 Å². The summed E-state index contributed by atoms with van der Waals surface area (Å²) in [7, 11) is 1.67. The van der Waals surface area contributed by atoms with Gasteiger partial charge in [0.25, 0.3) is 0 Å². The van der Waals surface area contributed by atoms with E-state index in [4.69, 9.17) is 9.84 Å². The third kappa shape index (κ3) is 4.07. The number of rotatable bonds is 6. The third-order valence-electron chi connectivity index (χ3n) is 2.58. The Kier molecular flexibility index (Phi) is 4.97. The molecule has 0 aromatic heterocycles. The lowest BCUT2D eigenvalue weighted by atomic mass is 10.1. The molecule has 94 valence electrons. The molecule has 0 spiro atoms. The normalized spacial score (nSPS) is 12.2. The molecular formula is C13H19NO3. The van der Waals surface area contributed by atoms with Crippen molar-refractivity contribution in [2.75, 3.05) is 25.6 Å². The van der Waals surface area contributed by atoms with Crippen molar-refractivity contribution in [3.05, 3.63) is 29.3 Å². The number of aromatic carboxylic acids is 1. The molecule has 17 heavy (non-hydrogen) atoms. The second-order valence-corrected chi connectivity index (χ2v) is 4.28. The van der Waals surface area contributed by atoms with Crippen LogP contribution in [-0.2, 0) is 4.74 Å². The quantitative estimate of drug-likeness (QED) is 0.797. The fourth-order valence-corrected chi connectivity index (χ4v) is 1.57. The van der Waals surface area contributed by atoms with Crippen LogP contribution in [0.3, 0.4) is 0 Å². The lowest BCUT2D eigenvalue weighted by Crippen LogP contribution is -2.16. The van der Waals surface area contributed by atoms with E-state index in [0.29, 0.717) is 18.1 Å². The van der Waals surface area contributed by atoms with E-state index in [2.05, 4.69) is 12.2 Å². The van der Waals surface area contributed by atoms with Crippen LogP contribution in [0.5, 0.6) is 0 Å². The van der Waals surface area contributed by atoms with Gasteiger partial charge in [-0.3, -0.25) is 0 Å². The number of ether oxygens (including phenoxy) is 1. The standard InChI is InChI=1S/C13H19NO3/c1-9(8-17-3)7-14-12-6-11(13(15)16)5-4-10(12)2/h4-6,9,14H,7-8H2,1-3H3,(H,15,16). The number of hydrogen-bond donors (Lipinski definition) is 2. The van der Waals surface area contributed by atoms with Crippen molar-refractivity contribution in [2.45, 2.75) is 13.8 Å². The number of carbonyl (C=O) groups is 1. The monoisotopic (exact) mass is 237 g/mol. The van der Waals surface area contributed by atoms with Gasteiger partial charge in [-0.15, -0.1) is 0 Å². The molecule has 4 heteroatoms. The molecular weight excluding hydrogens is 218 g/mol. The molecule has 0 radical (unpaired) electrons. The highest BCUT2D eigenvalue weighted by Crippen LogP contribution is 2.17.